The van der Waals surface area contributed by atoms with Gasteiger partial charge in [-0.05, 0) is 37.2 Å². The SMILES string of the molecule is O=C(C1CC1)N1C[C@@H]2CC[C@H](C1)N(Cc1ccccc1)C2. The summed E-state index contributed by atoms with van der Waals surface area (Å²) in [6, 6.07) is 11.3. The molecule has 5 rings (SSSR count). The number of benzene rings is 1. The minimum absolute atomic E-state index is 0.366. The van der Waals surface area contributed by atoms with Gasteiger partial charge in [0.05, 0.1) is 0 Å². The van der Waals surface area contributed by atoms with Gasteiger partial charge in [0.25, 0.3) is 0 Å². The Morgan fingerprint density at radius 1 is 1.00 bits per heavy atom. The van der Waals surface area contributed by atoms with Crippen LogP contribution in [0.25, 0.3) is 0 Å². The van der Waals surface area contributed by atoms with Crippen LogP contribution in [0, 0.1) is 11.8 Å². The number of nitrogens with zero attached hydrogens (tertiary/aromatic N) is 2. The predicted octanol–water partition coefficient (Wildman–Crippen LogP) is 2.52. The molecule has 0 radical (unpaired) electrons. The van der Waals surface area contributed by atoms with Gasteiger partial charge in [0.1, 0.15) is 0 Å². The molecule has 3 aliphatic heterocycles. The lowest BCUT2D eigenvalue weighted by Gasteiger charge is -2.36. The summed E-state index contributed by atoms with van der Waals surface area (Å²) in [5, 5.41) is 0. The molecule has 3 heteroatoms. The molecule has 1 saturated carbocycles. The van der Waals surface area contributed by atoms with Crippen molar-refractivity contribution in [2.45, 2.75) is 38.3 Å². The highest BCUT2D eigenvalue weighted by Crippen LogP contribution is 2.35. The second-order valence-electron chi connectivity index (χ2n) is 7.03. The highest BCUT2D eigenvalue weighted by Gasteiger charge is 2.40. The molecule has 1 aromatic carbocycles. The average molecular weight is 284 g/mol. The van der Waals surface area contributed by atoms with Gasteiger partial charge in [-0.2, -0.15) is 0 Å². The molecule has 0 aromatic heterocycles. The minimum atomic E-state index is 0.366. The lowest BCUT2D eigenvalue weighted by molar-refractivity contribution is -0.132. The van der Waals surface area contributed by atoms with Crippen molar-refractivity contribution in [1.29, 1.82) is 0 Å². The van der Waals surface area contributed by atoms with E-state index < -0.39 is 0 Å². The summed E-state index contributed by atoms with van der Waals surface area (Å²) < 4.78 is 0. The molecule has 21 heavy (non-hydrogen) atoms. The van der Waals surface area contributed by atoms with E-state index in [-0.39, 0.29) is 0 Å². The Kier molecular flexibility index (Phi) is 3.46. The van der Waals surface area contributed by atoms with Gasteiger partial charge in [0, 0.05) is 38.1 Å². The number of fused-ring (bicyclic) bond motifs is 4. The first kappa shape index (κ1) is 13.3. The van der Waals surface area contributed by atoms with Crippen molar-refractivity contribution >= 4 is 5.91 Å². The van der Waals surface area contributed by atoms with Crippen LogP contribution in [0.5, 0.6) is 0 Å². The zero-order valence-corrected chi connectivity index (χ0v) is 12.6. The first-order valence-corrected chi connectivity index (χ1v) is 8.36. The molecule has 4 fully saturated rings. The lowest BCUT2D eigenvalue weighted by Crippen LogP contribution is -2.44. The van der Waals surface area contributed by atoms with Gasteiger partial charge in [-0.25, -0.2) is 0 Å². The molecule has 1 aromatic rings. The summed E-state index contributed by atoms with van der Waals surface area (Å²) >= 11 is 0. The van der Waals surface area contributed by atoms with E-state index in [2.05, 4.69) is 40.1 Å². The minimum Gasteiger partial charge on any atom is -0.341 e. The summed E-state index contributed by atoms with van der Waals surface area (Å²) in [6.45, 7) is 4.15. The van der Waals surface area contributed by atoms with Crippen LogP contribution >= 0.6 is 0 Å². The zero-order chi connectivity index (χ0) is 14.2. The molecule has 2 bridgehead atoms. The van der Waals surface area contributed by atoms with Crippen LogP contribution in [-0.4, -0.2) is 41.4 Å². The maximum Gasteiger partial charge on any atom is 0.225 e. The van der Waals surface area contributed by atoms with E-state index in [1.807, 2.05) is 0 Å². The number of rotatable bonds is 3. The fourth-order valence-electron chi connectivity index (χ4n) is 3.96. The fourth-order valence-corrected chi connectivity index (χ4v) is 3.96. The van der Waals surface area contributed by atoms with Gasteiger partial charge in [0.15, 0.2) is 0 Å². The molecule has 0 N–H and O–H groups in total. The Hall–Kier alpha value is -1.35. The van der Waals surface area contributed by atoms with Crippen LogP contribution in [0.2, 0.25) is 0 Å². The maximum atomic E-state index is 12.4. The van der Waals surface area contributed by atoms with Gasteiger partial charge >= 0.3 is 0 Å². The highest BCUT2D eigenvalue weighted by molar-refractivity contribution is 5.81. The molecule has 3 saturated heterocycles. The first-order valence-electron chi connectivity index (χ1n) is 8.36. The molecule has 1 amide bonds. The van der Waals surface area contributed by atoms with Gasteiger partial charge in [-0.1, -0.05) is 30.3 Å². The van der Waals surface area contributed by atoms with Crippen LogP contribution in [0.4, 0.5) is 0 Å². The van der Waals surface area contributed by atoms with Crippen LogP contribution in [0.15, 0.2) is 30.3 Å². The molecule has 3 heterocycles. The summed E-state index contributed by atoms with van der Waals surface area (Å²) in [7, 11) is 0. The van der Waals surface area contributed by atoms with Crippen molar-refractivity contribution in [3.05, 3.63) is 35.9 Å². The van der Waals surface area contributed by atoms with E-state index in [1.54, 1.807) is 0 Å². The third-order valence-electron chi connectivity index (χ3n) is 5.29. The molecule has 0 unspecified atom stereocenters. The molecule has 4 aliphatic rings. The molecule has 1 aliphatic carbocycles. The van der Waals surface area contributed by atoms with E-state index >= 15 is 0 Å². The van der Waals surface area contributed by atoms with Gasteiger partial charge < -0.3 is 4.90 Å². The summed E-state index contributed by atoms with van der Waals surface area (Å²) in [5.74, 6) is 1.48. The Morgan fingerprint density at radius 3 is 2.57 bits per heavy atom. The Labute approximate surface area is 126 Å². The first-order chi connectivity index (χ1) is 10.3. The smallest absolute Gasteiger partial charge is 0.225 e. The van der Waals surface area contributed by atoms with Crippen LogP contribution < -0.4 is 0 Å². The lowest BCUT2D eigenvalue weighted by atomic mass is 9.94. The van der Waals surface area contributed by atoms with Crippen LogP contribution in [0.1, 0.15) is 31.2 Å². The number of amides is 1. The fraction of sp³-hybridized carbons (Fsp3) is 0.611. The maximum absolute atomic E-state index is 12.4. The highest BCUT2D eigenvalue weighted by atomic mass is 16.2. The quantitative estimate of drug-likeness (QED) is 0.851. The van der Waals surface area contributed by atoms with E-state index in [4.69, 9.17) is 0 Å². The van der Waals surface area contributed by atoms with Crippen molar-refractivity contribution < 1.29 is 4.79 Å². The molecule has 3 nitrogen and oxygen atoms in total. The molecular formula is C18H24N2O. The second kappa shape index (κ2) is 5.45. The standard InChI is InChI=1S/C18H24N2O/c21-18(16-7-8-16)20-12-15-6-9-17(13-20)19(11-15)10-14-4-2-1-3-5-14/h1-5,15-17H,6-13H2/t15-,17-/m1/s1. The van der Waals surface area contributed by atoms with E-state index in [0.29, 0.717) is 23.8 Å². The molecule has 112 valence electrons. The van der Waals surface area contributed by atoms with Crippen molar-refractivity contribution in [3.63, 3.8) is 0 Å². The molecular weight excluding hydrogens is 260 g/mol. The number of hydrogen-bond donors (Lipinski definition) is 0. The summed E-state index contributed by atoms with van der Waals surface area (Å²) in [5.41, 5.74) is 1.39. The monoisotopic (exact) mass is 284 g/mol. The van der Waals surface area contributed by atoms with Crippen molar-refractivity contribution in [1.82, 2.24) is 9.80 Å². The number of piperidine rings is 1. The molecule has 0 spiro atoms. The predicted molar refractivity (Wildman–Crippen MR) is 82.7 cm³/mol. The van der Waals surface area contributed by atoms with Crippen molar-refractivity contribution in [3.8, 4) is 0 Å². The summed E-state index contributed by atoms with van der Waals surface area (Å²) in [4.78, 5) is 17.2. The van der Waals surface area contributed by atoms with Crippen LogP contribution in [0.3, 0.4) is 0 Å². The van der Waals surface area contributed by atoms with Gasteiger partial charge in [-0.15, -0.1) is 0 Å². The second-order valence-corrected chi connectivity index (χ2v) is 7.03. The normalized spacial score (nSPS) is 29.4. The largest absolute Gasteiger partial charge is 0.341 e. The topological polar surface area (TPSA) is 23.6 Å². The number of hydrogen-bond acceptors (Lipinski definition) is 2. The average Bonchev–Trinajstić information content (AvgIpc) is 3.35. The van der Waals surface area contributed by atoms with Crippen molar-refractivity contribution in [2.24, 2.45) is 11.8 Å². The van der Waals surface area contributed by atoms with E-state index in [1.165, 1.54) is 18.4 Å². The van der Waals surface area contributed by atoms with Crippen molar-refractivity contribution in [2.75, 3.05) is 19.6 Å². The van der Waals surface area contributed by atoms with E-state index in [9.17, 15) is 4.79 Å². The third-order valence-corrected chi connectivity index (χ3v) is 5.29. The number of carbonyl (C=O) groups is 1. The van der Waals surface area contributed by atoms with Gasteiger partial charge in [0.2, 0.25) is 5.91 Å². The summed E-state index contributed by atoms with van der Waals surface area (Å²) in [6.07, 6.45) is 4.80. The Bertz CT molecular complexity index is 511. The third kappa shape index (κ3) is 2.84. The van der Waals surface area contributed by atoms with Gasteiger partial charge in [-0.3, -0.25) is 9.69 Å². The Morgan fingerprint density at radius 2 is 1.81 bits per heavy atom. The molecule has 2 atom stereocenters. The Balaban J connectivity index is 1.47. The number of carbonyl (C=O) groups excluding carboxylic acids is 1. The zero-order valence-electron chi connectivity index (χ0n) is 12.6. The van der Waals surface area contributed by atoms with Crippen LogP contribution in [-0.2, 0) is 11.3 Å². The van der Waals surface area contributed by atoms with E-state index in [0.717, 1.165) is 39.0 Å².